The molecule has 2 aromatic rings. The number of hydrogen-bond acceptors (Lipinski definition) is 3. The summed E-state index contributed by atoms with van der Waals surface area (Å²) in [5.41, 5.74) is 2.75. The molecular formula is C28H42N4O2. The quantitative estimate of drug-likeness (QED) is 0.529. The number of para-hydroxylation sites is 1. The largest absolute Gasteiger partial charge is 0.333 e. The van der Waals surface area contributed by atoms with E-state index in [4.69, 9.17) is 5.10 Å². The van der Waals surface area contributed by atoms with E-state index in [-0.39, 0.29) is 29.7 Å². The van der Waals surface area contributed by atoms with E-state index in [0.29, 0.717) is 18.3 Å². The smallest absolute Gasteiger partial charge is 0.245 e. The Hall–Kier alpha value is -2.63. The molecule has 0 atom stereocenters. The Balaban J connectivity index is 1.82. The zero-order valence-electron chi connectivity index (χ0n) is 21.9. The van der Waals surface area contributed by atoms with E-state index in [1.165, 1.54) is 6.42 Å². The van der Waals surface area contributed by atoms with Crippen LogP contribution < -0.4 is 5.32 Å². The Labute approximate surface area is 205 Å². The Kier molecular flexibility index (Phi) is 8.56. The van der Waals surface area contributed by atoms with Crippen LogP contribution in [0.1, 0.15) is 84.4 Å². The Morgan fingerprint density at radius 3 is 2.44 bits per heavy atom. The maximum Gasteiger partial charge on any atom is 0.245 e. The van der Waals surface area contributed by atoms with E-state index >= 15 is 0 Å². The first-order chi connectivity index (χ1) is 16.1. The van der Waals surface area contributed by atoms with Gasteiger partial charge >= 0.3 is 0 Å². The summed E-state index contributed by atoms with van der Waals surface area (Å²) in [6.07, 6.45) is 6.18. The second kappa shape index (κ2) is 11.2. The molecule has 0 saturated heterocycles. The van der Waals surface area contributed by atoms with E-state index < -0.39 is 0 Å². The highest BCUT2D eigenvalue weighted by atomic mass is 16.2. The minimum absolute atomic E-state index is 0.0544. The van der Waals surface area contributed by atoms with Gasteiger partial charge in [-0.3, -0.25) is 9.59 Å². The van der Waals surface area contributed by atoms with Crippen molar-refractivity contribution >= 4 is 17.6 Å². The monoisotopic (exact) mass is 466 g/mol. The molecule has 1 aliphatic carbocycles. The van der Waals surface area contributed by atoms with Crippen molar-refractivity contribution in [3.05, 3.63) is 41.6 Å². The molecule has 6 heteroatoms. The summed E-state index contributed by atoms with van der Waals surface area (Å²) in [6, 6.07) is 9.96. The molecule has 0 unspecified atom stereocenters. The van der Waals surface area contributed by atoms with Gasteiger partial charge in [-0.15, -0.1) is 0 Å². The van der Waals surface area contributed by atoms with E-state index in [0.717, 1.165) is 49.0 Å². The van der Waals surface area contributed by atoms with Gasteiger partial charge in [0.25, 0.3) is 0 Å². The number of carbonyl (C=O) groups is 2. The minimum Gasteiger partial charge on any atom is -0.333 e. The molecule has 1 aromatic heterocycles. The number of hydrogen-bond donors (Lipinski definition) is 1. The molecule has 1 fully saturated rings. The van der Waals surface area contributed by atoms with Crippen molar-refractivity contribution in [3.8, 4) is 5.69 Å². The van der Waals surface area contributed by atoms with Gasteiger partial charge < -0.3 is 10.2 Å². The maximum absolute atomic E-state index is 13.3. The van der Waals surface area contributed by atoms with Crippen molar-refractivity contribution in [1.82, 2.24) is 14.7 Å². The number of amides is 2. The van der Waals surface area contributed by atoms with Gasteiger partial charge in [0.05, 0.1) is 17.9 Å². The highest BCUT2D eigenvalue weighted by Gasteiger charge is 2.28. The number of aryl methyl sites for hydroxylation is 1. The fourth-order valence-corrected chi connectivity index (χ4v) is 4.47. The number of rotatable bonds is 8. The van der Waals surface area contributed by atoms with Crippen molar-refractivity contribution in [1.29, 1.82) is 0 Å². The van der Waals surface area contributed by atoms with Crippen molar-refractivity contribution in [2.75, 3.05) is 18.4 Å². The lowest BCUT2D eigenvalue weighted by Gasteiger charge is -2.29. The van der Waals surface area contributed by atoms with Gasteiger partial charge in [-0.25, -0.2) is 4.68 Å². The van der Waals surface area contributed by atoms with Crippen LogP contribution in [0.4, 0.5) is 5.82 Å². The highest BCUT2D eigenvalue weighted by molar-refractivity contribution is 5.94. The van der Waals surface area contributed by atoms with Gasteiger partial charge in [-0.2, -0.15) is 5.10 Å². The van der Waals surface area contributed by atoms with Gasteiger partial charge in [0, 0.05) is 23.9 Å². The first kappa shape index (κ1) is 26.0. The molecular weight excluding hydrogens is 424 g/mol. The summed E-state index contributed by atoms with van der Waals surface area (Å²) >= 11 is 0. The van der Waals surface area contributed by atoms with Gasteiger partial charge in [0.15, 0.2) is 0 Å². The molecule has 0 bridgehead atoms. The molecule has 186 valence electrons. The fourth-order valence-electron chi connectivity index (χ4n) is 4.47. The fraction of sp³-hybridized carbons (Fsp3) is 0.607. The number of carbonyl (C=O) groups excluding carboxylic acids is 2. The van der Waals surface area contributed by atoms with Crippen LogP contribution in [0.15, 0.2) is 30.3 Å². The molecule has 34 heavy (non-hydrogen) atoms. The van der Waals surface area contributed by atoms with E-state index in [1.54, 1.807) is 4.90 Å². The number of nitrogens with one attached hydrogen (secondary N) is 1. The lowest BCUT2D eigenvalue weighted by molar-refractivity contribution is -0.139. The zero-order chi connectivity index (χ0) is 24.9. The lowest BCUT2D eigenvalue weighted by Crippen LogP contribution is -2.42. The summed E-state index contributed by atoms with van der Waals surface area (Å²) in [4.78, 5) is 28.3. The third-order valence-electron chi connectivity index (χ3n) is 6.67. The second-order valence-electron chi connectivity index (χ2n) is 11.2. The van der Waals surface area contributed by atoms with Gasteiger partial charge in [-0.1, -0.05) is 72.1 Å². The SMILES string of the molecule is Cc1ccccc1-n1nc(C(C)(C)C)cc1NC(=O)CN(CCC(C)C)C(=O)C1CCCCC1. The molecule has 1 aromatic carbocycles. The summed E-state index contributed by atoms with van der Waals surface area (Å²) in [5.74, 6) is 1.12. The average Bonchev–Trinajstić information content (AvgIpc) is 3.21. The standard InChI is InChI=1S/C28H42N4O2/c1-20(2)16-17-31(27(34)22-13-8-7-9-14-22)19-26(33)29-25-18-24(28(4,5)6)30-32(25)23-15-11-10-12-21(23)3/h10-12,15,18,20,22H,7-9,13-14,16-17,19H2,1-6H3,(H,29,33). The molecule has 1 N–H and O–H groups in total. The molecule has 1 saturated carbocycles. The molecule has 3 rings (SSSR count). The summed E-state index contributed by atoms with van der Waals surface area (Å²) < 4.78 is 1.81. The third kappa shape index (κ3) is 6.71. The molecule has 0 spiro atoms. The Bertz CT molecular complexity index is 981. The highest BCUT2D eigenvalue weighted by Crippen LogP contribution is 2.28. The molecule has 1 aliphatic rings. The normalized spacial score (nSPS) is 14.9. The van der Waals surface area contributed by atoms with Gasteiger partial charge in [0.1, 0.15) is 5.82 Å². The minimum atomic E-state index is -0.178. The molecule has 1 heterocycles. The van der Waals surface area contributed by atoms with Crippen LogP contribution in [0.2, 0.25) is 0 Å². The molecule has 0 radical (unpaired) electrons. The Morgan fingerprint density at radius 1 is 1.15 bits per heavy atom. The van der Waals surface area contributed by atoms with Gasteiger partial charge in [0.2, 0.25) is 11.8 Å². The predicted molar refractivity (Wildman–Crippen MR) is 138 cm³/mol. The first-order valence-corrected chi connectivity index (χ1v) is 12.8. The topological polar surface area (TPSA) is 67.2 Å². The number of aromatic nitrogens is 2. The van der Waals surface area contributed by atoms with Crippen LogP contribution in [0, 0.1) is 18.8 Å². The third-order valence-corrected chi connectivity index (χ3v) is 6.67. The van der Waals surface area contributed by atoms with E-state index in [1.807, 2.05) is 41.9 Å². The second-order valence-corrected chi connectivity index (χ2v) is 11.2. The average molecular weight is 467 g/mol. The first-order valence-electron chi connectivity index (χ1n) is 12.8. The van der Waals surface area contributed by atoms with Crippen LogP contribution in [-0.2, 0) is 15.0 Å². The van der Waals surface area contributed by atoms with Gasteiger partial charge in [-0.05, 0) is 43.7 Å². The number of anilines is 1. The van der Waals surface area contributed by atoms with Crippen LogP contribution in [-0.4, -0.2) is 39.6 Å². The molecule has 2 amide bonds. The predicted octanol–water partition coefficient (Wildman–Crippen LogP) is 5.87. The van der Waals surface area contributed by atoms with Crippen LogP contribution in [0.5, 0.6) is 0 Å². The van der Waals surface area contributed by atoms with Crippen LogP contribution in [0.25, 0.3) is 5.69 Å². The lowest BCUT2D eigenvalue weighted by atomic mass is 9.88. The maximum atomic E-state index is 13.3. The van der Waals surface area contributed by atoms with E-state index in [2.05, 4.69) is 39.9 Å². The van der Waals surface area contributed by atoms with Crippen molar-refractivity contribution in [3.63, 3.8) is 0 Å². The van der Waals surface area contributed by atoms with Crippen LogP contribution >= 0.6 is 0 Å². The van der Waals surface area contributed by atoms with E-state index in [9.17, 15) is 9.59 Å². The van der Waals surface area contributed by atoms with Crippen molar-refractivity contribution in [2.45, 2.75) is 85.5 Å². The van der Waals surface area contributed by atoms with Crippen molar-refractivity contribution in [2.24, 2.45) is 11.8 Å². The summed E-state index contributed by atoms with van der Waals surface area (Å²) in [6.45, 7) is 13.4. The number of benzene rings is 1. The Morgan fingerprint density at radius 2 is 1.82 bits per heavy atom. The summed E-state index contributed by atoms with van der Waals surface area (Å²) in [5, 5.41) is 7.91. The molecule has 6 nitrogen and oxygen atoms in total. The van der Waals surface area contributed by atoms with Crippen LogP contribution in [0.3, 0.4) is 0 Å². The van der Waals surface area contributed by atoms with Crippen molar-refractivity contribution < 1.29 is 9.59 Å². The number of nitrogens with zero attached hydrogens (tertiary/aromatic N) is 3. The molecule has 0 aliphatic heterocycles. The zero-order valence-corrected chi connectivity index (χ0v) is 21.9. The summed E-state index contributed by atoms with van der Waals surface area (Å²) in [7, 11) is 0.